The minimum Gasteiger partial charge on any atom is -0.354 e. The molecule has 0 aliphatic carbocycles. The van der Waals surface area contributed by atoms with Crippen molar-refractivity contribution in [1.29, 1.82) is 0 Å². The van der Waals surface area contributed by atoms with Gasteiger partial charge in [-0.2, -0.15) is 0 Å². The van der Waals surface area contributed by atoms with E-state index >= 15 is 0 Å². The summed E-state index contributed by atoms with van der Waals surface area (Å²) >= 11 is 0. The van der Waals surface area contributed by atoms with Gasteiger partial charge < -0.3 is 30.3 Å². The molecule has 1 aliphatic heterocycles. The molecule has 1 aliphatic rings. The van der Waals surface area contributed by atoms with E-state index < -0.39 is 7.60 Å². The SMILES string of the molecule is CCOP(=O)(OCC)c1ccc2c(c1)/C(=C(/Nc1ccc(N(C)C(=O)CN)cc1)c1ccccc1)C(=O)N2. The molecule has 0 radical (unpaired) electrons. The number of benzene rings is 3. The Labute approximate surface area is 222 Å². The molecule has 10 heteroatoms. The number of likely N-dealkylation sites (N-methyl/N-ethyl adjacent to an activating group) is 1. The molecule has 9 nitrogen and oxygen atoms in total. The molecule has 3 aromatic rings. The number of rotatable bonds is 10. The van der Waals surface area contributed by atoms with E-state index in [1.54, 1.807) is 51.2 Å². The highest BCUT2D eigenvalue weighted by Crippen LogP contribution is 2.48. The maximum atomic E-state index is 13.5. The molecule has 4 N–H and O–H groups in total. The van der Waals surface area contributed by atoms with Crippen LogP contribution < -0.4 is 26.6 Å². The largest absolute Gasteiger partial charge is 0.361 e. The molecule has 38 heavy (non-hydrogen) atoms. The van der Waals surface area contributed by atoms with Crippen molar-refractivity contribution >= 4 is 53.0 Å². The maximum Gasteiger partial charge on any atom is 0.361 e. The fourth-order valence-electron chi connectivity index (χ4n) is 4.18. The Morgan fingerprint density at radius 1 is 1.00 bits per heavy atom. The highest BCUT2D eigenvalue weighted by molar-refractivity contribution is 7.62. The summed E-state index contributed by atoms with van der Waals surface area (Å²) in [5.74, 6) is -0.500. The van der Waals surface area contributed by atoms with E-state index in [2.05, 4.69) is 10.6 Å². The van der Waals surface area contributed by atoms with Gasteiger partial charge >= 0.3 is 7.60 Å². The van der Waals surface area contributed by atoms with Crippen LogP contribution in [0.2, 0.25) is 0 Å². The minimum atomic E-state index is -3.57. The summed E-state index contributed by atoms with van der Waals surface area (Å²) in [6, 6.07) is 21.8. The summed E-state index contributed by atoms with van der Waals surface area (Å²) in [5.41, 5.74) is 9.82. The second kappa shape index (κ2) is 11.8. The average Bonchev–Trinajstić information content (AvgIpc) is 3.26. The molecule has 1 heterocycles. The molecule has 3 aromatic carbocycles. The third kappa shape index (κ3) is 5.56. The second-order valence-corrected chi connectivity index (χ2v) is 10.5. The van der Waals surface area contributed by atoms with E-state index in [1.807, 2.05) is 42.5 Å². The Morgan fingerprint density at radius 2 is 1.66 bits per heavy atom. The van der Waals surface area contributed by atoms with Crippen LogP contribution >= 0.6 is 7.60 Å². The summed E-state index contributed by atoms with van der Waals surface area (Å²) in [5, 5.41) is 6.66. The maximum absolute atomic E-state index is 13.5. The lowest BCUT2D eigenvalue weighted by Crippen LogP contribution is -2.32. The molecule has 0 bridgehead atoms. The second-order valence-electron chi connectivity index (χ2n) is 8.46. The molecular weight excluding hydrogens is 503 g/mol. The van der Waals surface area contributed by atoms with Gasteiger partial charge in [-0.15, -0.1) is 0 Å². The molecule has 2 amide bonds. The number of nitrogens with zero attached hydrogens (tertiary/aromatic N) is 1. The van der Waals surface area contributed by atoms with Gasteiger partial charge in [-0.3, -0.25) is 14.2 Å². The van der Waals surface area contributed by atoms with Gasteiger partial charge in [-0.05, 0) is 61.9 Å². The Hall–Kier alpha value is -3.75. The number of fused-ring (bicyclic) bond motifs is 1. The number of hydrogen-bond acceptors (Lipinski definition) is 7. The lowest BCUT2D eigenvalue weighted by atomic mass is 10.00. The Morgan fingerprint density at radius 3 is 2.26 bits per heavy atom. The summed E-state index contributed by atoms with van der Waals surface area (Å²) in [7, 11) is -1.91. The highest BCUT2D eigenvalue weighted by atomic mass is 31.2. The van der Waals surface area contributed by atoms with E-state index in [1.165, 1.54) is 4.90 Å². The van der Waals surface area contributed by atoms with Crippen molar-refractivity contribution in [2.24, 2.45) is 5.73 Å². The topological polar surface area (TPSA) is 123 Å². The van der Waals surface area contributed by atoms with Gasteiger partial charge in [0.25, 0.3) is 5.91 Å². The van der Waals surface area contributed by atoms with E-state index in [9.17, 15) is 14.2 Å². The van der Waals surface area contributed by atoms with Crippen LogP contribution in [0.3, 0.4) is 0 Å². The zero-order valence-corrected chi connectivity index (χ0v) is 22.5. The van der Waals surface area contributed by atoms with E-state index in [0.717, 1.165) is 5.56 Å². The van der Waals surface area contributed by atoms with Crippen LogP contribution in [-0.4, -0.2) is 38.6 Å². The van der Waals surface area contributed by atoms with Gasteiger partial charge in [0.05, 0.1) is 36.3 Å². The fraction of sp³-hybridized carbons (Fsp3) is 0.214. The van der Waals surface area contributed by atoms with Gasteiger partial charge in [0.1, 0.15) is 0 Å². The van der Waals surface area contributed by atoms with E-state index in [0.29, 0.717) is 39.2 Å². The third-order valence-corrected chi connectivity index (χ3v) is 8.15. The van der Waals surface area contributed by atoms with Crippen LogP contribution in [0.4, 0.5) is 17.1 Å². The molecule has 0 atom stereocenters. The summed E-state index contributed by atoms with van der Waals surface area (Å²) in [6.07, 6.45) is 0. The van der Waals surface area contributed by atoms with Crippen molar-refractivity contribution in [3.05, 3.63) is 83.9 Å². The zero-order valence-electron chi connectivity index (χ0n) is 21.6. The van der Waals surface area contributed by atoms with Gasteiger partial charge in [0, 0.05) is 29.7 Å². The third-order valence-electron chi connectivity index (χ3n) is 6.05. The van der Waals surface area contributed by atoms with Gasteiger partial charge in [-0.25, -0.2) is 0 Å². The summed E-state index contributed by atoms with van der Waals surface area (Å²) in [4.78, 5) is 26.7. The van der Waals surface area contributed by atoms with Crippen molar-refractivity contribution in [2.75, 3.05) is 42.3 Å². The van der Waals surface area contributed by atoms with Gasteiger partial charge in [-0.1, -0.05) is 30.3 Å². The van der Waals surface area contributed by atoms with Crippen LogP contribution in [-0.2, 0) is 23.2 Å². The minimum absolute atomic E-state index is 0.0865. The van der Waals surface area contributed by atoms with Crippen LogP contribution in [0.15, 0.2) is 72.8 Å². The number of carbonyl (C=O) groups is 2. The molecule has 0 saturated carbocycles. The standard InChI is InChI=1S/C28H31N4O5P/c1-4-36-38(35,37-5-2)22-15-16-24-23(17-22)26(28(34)31-24)27(19-9-7-6-8-10-19)30-20-11-13-21(14-12-20)32(3)25(33)18-29/h6-17,30H,4-5,18,29H2,1-3H3,(H,31,34)/b27-26-. The van der Waals surface area contributed by atoms with Crippen molar-refractivity contribution in [1.82, 2.24) is 0 Å². The van der Waals surface area contributed by atoms with Crippen LogP contribution in [0, 0.1) is 0 Å². The van der Waals surface area contributed by atoms with Crippen molar-refractivity contribution in [3.63, 3.8) is 0 Å². The monoisotopic (exact) mass is 534 g/mol. The van der Waals surface area contributed by atoms with Crippen molar-refractivity contribution < 1.29 is 23.2 Å². The zero-order chi connectivity index (χ0) is 27.3. The van der Waals surface area contributed by atoms with Crippen LogP contribution in [0.1, 0.15) is 25.0 Å². The molecule has 4 rings (SSSR count). The Balaban J connectivity index is 1.81. The number of nitrogens with one attached hydrogen (secondary N) is 2. The van der Waals surface area contributed by atoms with Crippen molar-refractivity contribution in [3.8, 4) is 0 Å². The molecule has 0 aromatic heterocycles. The Kier molecular flexibility index (Phi) is 8.44. The van der Waals surface area contributed by atoms with Gasteiger partial charge in [0.15, 0.2) is 0 Å². The number of nitrogens with two attached hydrogens (primary N) is 1. The summed E-state index contributed by atoms with van der Waals surface area (Å²) in [6.45, 7) is 3.85. The number of anilines is 3. The molecule has 0 spiro atoms. The first kappa shape index (κ1) is 27.3. The number of amides is 2. The van der Waals surface area contributed by atoms with Crippen molar-refractivity contribution in [2.45, 2.75) is 13.8 Å². The molecule has 0 fully saturated rings. The van der Waals surface area contributed by atoms with Crippen LogP contribution in [0.25, 0.3) is 11.3 Å². The molecular formula is C28H31N4O5P. The first-order valence-electron chi connectivity index (χ1n) is 12.3. The average molecular weight is 535 g/mol. The number of carbonyl (C=O) groups excluding carboxylic acids is 2. The first-order chi connectivity index (χ1) is 18.3. The lowest BCUT2D eigenvalue weighted by Gasteiger charge is -2.19. The van der Waals surface area contributed by atoms with Gasteiger partial charge in [0.2, 0.25) is 5.91 Å². The quantitative estimate of drug-likeness (QED) is 0.260. The van der Waals surface area contributed by atoms with E-state index in [-0.39, 0.29) is 31.6 Å². The fourth-order valence-corrected chi connectivity index (χ4v) is 5.77. The first-order valence-corrected chi connectivity index (χ1v) is 13.8. The molecule has 198 valence electrons. The normalized spacial score (nSPS) is 14.1. The van der Waals surface area contributed by atoms with E-state index in [4.69, 9.17) is 14.8 Å². The lowest BCUT2D eigenvalue weighted by molar-refractivity contribution is -0.117. The Bertz CT molecular complexity index is 1400. The van der Waals surface area contributed by atoms with Crippen LogP contribution in [0.5, 0.6) is 0 Å². The number of hydrogen-bond donors (Lipinski definition) is 3. The molecule has 0 saturated heterocycles. The predicted octanol–water partition coefficient (Wildman–Crippen LogP) is 4.43. The molecule has 0 unspecified atom stereocenters. The predicted molar refractivity (Wildman–Crippen MR) is 151 cm³/mol. The summed E-state index contributed by atoms with van der Waals surface area (Å²) < 4.78 is 24.5. The highest BCUT2D eigenvalue weighted by Gasteiger charge is 2.33. The smallest absolute Gasteiger partial charge is 0.354 e.